The Kier molecular flexibility index (Phi) is 7.33. The Labute approximate surface area is 174 Å². The number of aliphatic hydroxyl groups is 1. The molecule has 30 heavy (non-hydrogen) atoms. The molecule has 3 rings (SSSR count). The lowest BCUT2D eigenvalue weighted by Crippen LogP contribution is -2.37. The Morgan fingerprint density at radius 1 is 1.53 bits per heavy atom. The Morgan fingerprint density at radius 3 is 2.87 bits per heavy atom. The molecule has 2 fully saturated rings. The molecule has 1 aliphatic carbocycles. The second-order valence-electron chi connectivity index (χ2n) is 7.83. The van der Waals surface area contributed by atoms with Crippen molar-refractivity contribution < 1.29 is 28.6 Å². The number of nitrogen functional groups attached to an aromatic ring is 1. The van der Waals surface area contributed by atoms with E-state index in [4.69, 9.17) is 25.5 Å². The van der Waals surface area contributed by atoms with E-state index in [1.54, 1.807) is 0 Å². The molecule has 0 radical (unpaired) electrons. The number of aromatic nitrogens is 2. The number of aliphatic hydroxyl groups excluding tert-OH is 1. The fourth-order valence-electron chi connectivity index (χ4n) is 4.13. The maximum absolute atomic E-state index is 12.1. The van der Waals surface area contributed by atoms with Gasteiger partial charge < -0.3 is 35.5 Å². The fraction of sp³-hybridized carbons (Fsp3) is 0.667. The average Bonchev–Trinajstić information content (AvgIpc) is 3.27. The van der Waals surface area contributed by atoms with E-state index in [0.29, 0.717) is 5.70 Å². The number of ether oxygens (including phenoxy) is 2. The molecule has 11 nitrogen and oxygen atoms in total. The highest BCUT2D eigenvalue weighted by Crippen LogP contribution is 2.38. The van der Waals surface area contributed by atoms with E-state index in [2.05, 4.69) is 11.6 Å². The molecule has 1 aromatic heterocycles. The van der Waals surface area contributed by atoms with Gasteiger partial charge in [-0.3, -0.25) is 9.13 Å². The monoisotopic (exact) mass is 444 g/mol. The van der Waals surface area contributed by atoms with Gasteiger partial charge in [-0.05, 0) is 44.1 Å². The van der Waals surface area contributed by atoms with Crippen LogP contribution in [0, 0.1) is 11.8 Å². The summed E-state index contributed by atoms with van der Waals surface area (Å²) in [5.74, 6) is 0.592. The van der Waals surface area contributed by atoms with E-state index in [1.807, 2.05) is 6.92 Å². The maximum Gasteiger partial charge on any atom is 0.351 e. The SMILES string of the molecule is C=C(N)C1CCC(C(C)OC[C@H]2O[C@@H](n3ccc(N)nc3=O)[C@H](O)[C@@H]2O[PH](=O)O)C1. The normalized spacial score (nSPS) is 33.4. The highest BCUT2D eigenvalue weighted by molar-refractivity contribution is 7.32. The largest absolute Gasteiger partial charge is 0.402 e. The van der Waals surface area contributed by atoms with Gasteiger partial charge in [0.25, 0.3) is 0 Å². The number of nitrogens with zero attached hydrogens (tertiary/aromatic N) is 2. The van der Waals surface area contributed by atoms with Crippen LogP contribution in [0.2, 0.25) is 0 Å². The summed E-state index contributed by atoms with van der Waals surface area (Å²) in [4.78, 5) is 25.0. The standard InChI is InChI=1S/C18H29N4O7P/c1-9(19)11-3-4-12(7-11)10(2)27-8-13-16(29-30(25)26)15(23)17(28-13)22-6-5-14(20)21-18(22)24/h5-6,10-13,15-17,23,30H,1,3-4,7-8,19H2,2H3,(H,25,26)(H2,20,21,24)/t10?,11?,12?,13-,15-,16-,17-/m1/s1. The van der Waals surface area contributed by atoms with Crippen molar-refractivity contribution in [1.29, 1.82) is 0 Å². The van der Waals surface area contributed by atoms with E-state index in [9.17, 15) is 19.4 Å². The first-order valence-electron chi connectivity index (χ1n) is 9.81. The van der Waals surface area contributed by atoms with Crippen LogP contribution in [0.3, 0.4) is 0 Å². The summed E-state index contributed by atoms with van der Waals surface area (Å²) >= 11 is 0. The molecule has 1 saturated carbocycles. The predicted octanol–water partition coefficient (Wildman–Crippen LogP) is 0.145. The topological polar surface area (TPSA) is 172 Å². The van der Waals surface area contributed by atoms with Gasteiger partial charge in [-0.1, -0.05) is 6.58 Å². The van der Waals surface area contributed by atoms with E-state index in [-0.39, 0.29) is 30.4 Å². The molecule has 2 heterocycles. The molecule has 1 saturated heterocycles. The number of nitrogens with two attached hydrogens (primary N) is 2. The van der Waals surface area contributed by atoms with Crippen LogP contribution < -0.4 is 17.2 Å². The van der Waals surface area contributed by atoms with E-state index < -0.39 is 38.5 Å². The molecule has 168 valence electrons. The van der Waals surface area contributed by atoms with Crippen LogP contribution in [-0.4, -0.2) is 50.6 Å². The molecule has 1 aliphatic heterocycles. The summed E-state index contributed by atoms with van der Waals surface area (Å²) in [6, 6.07) is 1.38. The van der Waals surface area contributed by atoms with Gasteiger partial charge in [0.05, 0.1) is 12.7 Å². The smallest absolute Gasteiger partial charge is 0.351 e. The Morgan fingerprint density at radius 2 is 2.27 bits per heavy atom. The quantitative estimate of drug-likeness (QED) is 0.404. The van der Waals surface area contributed by atoms with Crippen molar-refractivity contribution in [2.45, 2.75) is 56.8 Å². The van der Waals surface area contributed by atoms with Crippen LogP contribution in [0.25, 0.3) is 0 Å². The van der Waals surface area contributed by atoms with Crippen LogP contribution in [0.1, 0.15) is 32.4 Å². The summed E-state index contributed by atoms with van der Waals surface area (Å²) in [6.07, 6.45) is -0.544. The van der Waals surface area contributed by atoms with Gasteiger partial charge in [0.2, 0.25) is 0 Å². The lowest BCUT2D eigenvalue weighted by atomic mass is 9.99. The second-order valence-corrected chi connectivity index (χ2v) is 8.60. The minimum Gasteiger partial charge on any atom is -0.402 e. The third-order valence-corrected chi connectivity index (χ3v) is 6.33. The van der Waals surface area contributed by atoms with Crippen molar-refractivity contribution in [3.05, 3.63) is 35.0 Å². The predicted molar refractivity (Wildman–Crippen MR) is 108 cm³/mol. The van der Waals surface area contributed by atoms with Gasteiger partial charge in [-0.15, -0.1) is 0 Å². The van der Waals surface area contributed by atoms with Gasteiger partial charge in [0.15, 0.2) is 6.23 Å². The third-order valence-electron chi connectivity index (χ3n) is 5.86. The molecule has 4 unspecified atom stereocenters. The van der Waals surface area contributed by atoms with Gasteiger partial charge >= 0.3 is 13.9 Å². The van der Waals surface area contributed by atoms with Gasteiger partial charge in [-0.25, -0.2) is 4.79 Å². The van der Waals surface area contributed by atoms with E-state index >= 15 is 0 Å². The molecule has 1 aromatic rings. The first kappa shape index (κ1) is 22.9. The van der Waals surface area contributed by atoms with Crippen molar-refractivity contribution in [3.63, 3.8) is 0 Å². The van der Waals surface area contributed by atoms with Crippen molar-refractivity contribution >= 4 is 14.1 Å². The molecule has 0 spiro atoms. The summed E-state index contributed by atoms with van der Waals surface area (Å²) in [5, 5.41) is 10.6. The fourth-order valence-corrected chi connectivity index (χ4v) is 4.65. The van der Waals surface area contributed by atoms with Gasteiger partial charge in [0, 0.05) is 11.9 Å². The Balaban J connectivity index is 1.68. The van der Waals surface area contributed by atoms with Crippen molar-refractivity contribution in [3.8, 4) is 0 Å². The van der Waals surface area contributed by atoms with Gasteiger partial charge in [-0.2, -0.15) is 4.98 Å². The third kappa shape index (κ3) is 5.11. The highest BCUT2D eigenvalue weighted by Gasteiger charge is 2.47. The molecule has 0 bridgehead atoms. The first-order chi connectivity index (χ1) is 14.2. The summed E-state index contributed by atoms with van der Waals surface area (Å²) in [6.45, 7) is 5.77. The molecule has 8 atom stereocenters. The Hall–Kier alpha value is -1.75. The zero-order valence-electron chi connectivity index (χ0n) is 16.7. The van der Waals surface area contributed by atoms with E-state index in [1.165, 1.54) is 12.3 Å². The van der Waals surface area contributed by atoms with Crippen LogP contribution >= 0.6 is 8.25 Å². The van der Waals surface area contributed by atoms with Crippen LogP contribution in [0.4, 0.5) is 5.82 Å². The summed E-state index contributed by atoms with van der Waals surface area (Å²) in [5.41, 5.74) is 11.3. The van der Waals surface area contributed by atoms with Crippen LogP contribution in [0.15, 0.2) is 29.3 Å². The van der Waals surface area contributed by atoms with E-state index in [0.717, 1.165) is 23.8 Å². The number of hydrogen-bond donors (Lipinski definition) is 4. The first-order valence-corrected chi connectivity index (χ1v) is 11.1. The second kappa shape index (κ2) is 9.59. The molecular formula is C18H29N4O7P. The molecule has 0 aromatic carbocycles. The van der Waals surface area contributed by atoms with Crippen molar-refractivity contribution in [1.82, 2.24) is 9.55 Å². The van der Waals surface area contributed by atoms with Crippen molar-refractivity contribution in [2.24, 2.45) is 17.6 Å². The molecule has 2 aliphatic rings. The number of anilines is 1. The average molecular weight is 444 g/mol. The summed E-state index contributed by atoms with van der Waals surface area (Å²) in [7, 11) is -3.37. The summed E-state index contributed by atoms with van der Waals surface area (Å²) < 4.78 is 29.1. The lowest BCUT2D eigenvalue weighted by molar-refractivity contribution is -0.0869. The van der Waals surface area contributed by atoms with Crippen molar-refractivity contribution in [2.75, 3.05) is 12.3 Å². The molecular weight excluding hydrogens is 415 g/mol. The zero-order valence-corrected chi connectivity index (χ0v) is 17.7. The number of hydrogen-bond acceptors (Lipinski definition) is 9. The highest BCUT2D eigenvalue weighted by atomic mass is 31.1. The zero-order chi connectivity index (χ0) is 22.0. The lowest BCUT2D eigenvalue weighted by Gasteiger charge is -2.24. The number of allylic oxidation sites excluding steroid dienone is 1. The molecule has 0 amide bonds. The van der Waals surface area contributed by atoms with Gasteiger partial charge in [0.1, 0.15) is 24.1 Å². The minimum absolute atomic E-state index is 0.0103. The maximum atomic E-state index is 12.1. The van der Waals surface area contributed by atoms with Crippen LogP contribution in [-0.2, 0) is 18.6 Å². The van der Waals surface area contributed by atoms with Crippen LogP contribution in [0.5, 0.6) is 0 Å². The molecule has 12 heteroatoms. The molecule has 6 N–H and O–H groups in total. The Bertz CT molecular complexity index is 850. The number of rotatable bonds is 8. The minimum atomic E-state index is -3.37.